The van der Waals surface area contributed by atoms with Crippen molar-refractivity contribution in [3.05, 3.63) is 88.4 Å². The van der Waals surface area contributed by atoms with Crippen molar-refractivity contribution in [2.45, 2.75) is 24.9 Å². The van der Waals surface area contributed by atoms with E-state index < -0.39 is 0 Å². The molecule has 0 saturated carbocycles. The van der Waals surface area contributed by atoms with Crippen LogP contribution in [0.1, 0.15) is 35.2 Å². The van der Waals surface area contributed by atoms with E-state index in [-0.39, 0.29) is 30.4 Å². The zero-order valence-corrected chi connectivity index (χ0v) is 22.0. The average molecular weight is 534 g/mol. The fraction of sp³-hybridized carbons (Fsp3) is 0.250. The SMILES string of the molecule is COc1ccc([C@H]2C[C@@H](c3ccc(Cl)cc3)n3nc(NC(=O)Cc4ccc(OC)c(OC)c4)nc3N2)cc1. The lowest BCUT2D eigenvalue weighted by molar-refractivity contribution is -0.115. The summed E-state index contributed by atoms with van der Waals surface area (Å²) < 4.78 is 17.7. The number of nitrogens with one attached hydrogen (secondary N) is 2. The third kappa shape index (κ3) is 5.38. The average Bonchev–Trinajstić information content (AvgIpc) is 3.35. The molecule has 1 aliphatic rings. The second kappa shape index (κ2) is 11.0. The van der Waals surface area contributed by atoms with Crippen molar-refractivity contribution in [1.82, 2.24) is 14.8 Å². The van der Waals surface area contributed by atoms with Crippen LogP contribution in [0.3, 0.4) is 0 Å². The molecular formula is C28H28ClN5O4. The van der Waals surface area contributed by atoms with Crippen LogP contribution in [0.4, 0.5) is 11.9 Å². The molecule has 2 N–H and O–H groups in total. The van der Waals surface area contributed by atoms with E-state index >= 15 is 0 Å². The summed E-state index contributed by atoms with van der Waals surface area (Å²) in [4.78, 5) is 17.5. The lowest BCUT2D eigenvalue weighted by Crippen LogP contribution is -2.28. The number of hydrogen-bond acceptors (Lipinski definition) is 7. The van der Waals surface area contributed by atoms with Crippen LogP contribution in [0, 0.1) is 0 Å². The van der Waals surface area contributed by atoms with Crippen molar-refractivity contribution in [2.75, 3.05) is 32.0 Å². The Bertz CT molecular complexity index is 1420. The van der Waals surface area contributed by atoms with Gasteiger partial charge in [0.25, 0.3) is 5.95 Å². The molecule has 1 aliphatic heterocycles. The topological polar surface area (TPSA) is 99.5 Å². The number of carbonyl (C=O) groups is 1. The van der Waals surface area contributed by atoms with E-state index in [4.69, 9.17) is 25.8 Å². The highest BCUT2D eigenvalue weighted by molar-refractivity contribution is 6.30. The third-order valence-electron chi connectivity index (χ3n) is 6.53. The number of fused-ring (bicyclic) bond motifs is 1. The van der Waals surface area contributed by atoms with E-state index in [0.717, 1.165) is 28.9 Å². The van der Waals surface area contributed by atoms with Gasteiger partial charge >= 0.3 is 0 Å². The molecule has 1 amide bonds. The Morgan fingerprint density at radius 1 is 0.974 bits per heavy atom. The Morgan fingerprint density at radius 3 is 2.37 bits per heavy atom. The molecule has 0 saturated heterocycles. The molecule has 9 nitrogen and oxygen atoms in total. The van der Waals surface area contributed by atoms with Crippen molar-refractivity contribution in [2.24, 2.45) is 0 Å². The minimum absolute atomic E-state index is 0.0198. The van der Waals surface area contributed by atoms with E-state index in [2.05, 4.69) is 20.7 Å². The number of hydrogen-bond donors (Lipinski definition) is 2. The zero-order chi connectivity index (χ0) is 26.6. The minimum atomic E-state index is -0.241. The number of ether oxygens (including phenoxy) is 3. The van der Waals surface area contributed by atoms with Gasteiger partial charge in [-0.15, -0.1) is 5.10 Å². The number of amides is 1. The Morgan fingerprint density at radius 2 is 1.68 bits per heavy atom. The summed E-state index contributed by atoms with van der Waals surface area (Å²) in [7, 11) is 4.78. The quantitative estimate of drug-likeness (QED) is 0.317. The molecule has 0 unspecified atom stereocenters. The fourth-order valence-corrected chi connectivity index (χ4v) is 4.72. The molecule has 0 bridgehead atoms. The van der Waals surface area contributed by atoms with Crippen LogP contribution in [0.25, 0.3) is 0 Å². The first-order valence-electron chi connectivity index (χ1n) is 12.1. The summed E-state index contributed by atoms with van der Waals surface area (Å²) in [5, 5.41) is 11.6. The summed E-state index contributed by atoms with van der Waals surface area (Å²) in [5.41, 5.74) is 2.92. The molecule has 2 atom stereocenters. The van der Waals surface area contributed by atoms with E-state index in [1.54, 1.807) is 33.5 Å². The molecule has 0 spiro atoms. The Labute approximate surface area is 225 Å². The predicted molar refractivity (Wildman–Crippen MR) is 145 cm³/mol. The number of anilines is 2. The van der Waals surface area contributed by atoms with Crippen molar-refractivity contribution >= 4 is 29.4 Å². The van der Waals surface area contributed by atoms with Crippen molar-refractivity contribution < 1.29 is 19.0 Å². The van der Waals surface area contributed by atoms with Crippen molar-refractivity contribution in [3.8, 4) is 17.2 Å². The van der Waals surface area contributed by atoms with Crippen LogP contribution in [0.5, 0.6) is 17.2 Å². The Hall–Kier alpha value is -4.24. The summed E-state index contributed by atoms with van der Waals surface area (Å²) in [6, 6.07) is 20.9. The van der Waals surface area contributed by atoms with Crippen LogP contribution in [-0.4, -0.2) is 42.0 Å². The van der Waals surface area contributed by atoms with Gasteiger partial charge in [0, 0.05) is 5.02 Å². The van der Waals surface area contributed by atoms with Gasteiger partial charge in [0.15, 0.2) is 11.5 Å². The molecule has 10 heteroatoms. The monoisotopic (exact) mass is 533 g/mol. The molecule has 0 aliphatic carbocycles. The molecule has 196 valence electrons. The van der Waals surface area contributed by atoms with Gasteiger partial charge in [0.05, 0.1) is 39.8 Å². The molecule has 38 heavy (non-hydrogen) atoms. The van der Waals surface area contributed by atoms with Crippen LogP contribution >= 0.6 is 11.6 Å². The van der Waals surface area contributed by atoms with Gasteiger partial charge in [-0.05, 0) is 59.5 Å². The van der Waals surface area contributed by atoms with Crippen LogP contribution in [0.15, 0.2) is 66.7 Å². The summed E-state index contributed by atoms with van der Waals surface area (Å²) in [6.45, 7) is 0. The van der Waals surface area contributed by atoms with E-state index in [1.165, 1.54) is 0 Å². The van der Waals surface area contributed by atoms with Crippen LogP contribution in [-0.2, 0) is 11.2 Å². The first-order chi connectivity index (χ1) is 18.5. The number of halogens is 1. The number of aromatic nitrogens is 3. The molecule has 3 aromatic carbocycles. The van der Waals surface area contributed by atoms with Gasteiger partial charge in [-0.2, -0.15) is 4.98 Å². The first kappa shape index (κ1) is 25.4. The van der Waals surface area contributed by atoms with Gasteiger partial charge in [-0.1, -0.05) is 41.9 Å². The summed E-state index contributed by atoms with van der Waals surface area (Å²) in [6.07, 6.45) is 0.857. The van der Waals surface area contributed by atoms with E-state index in [1.807, 2.05) is 59.3 Å². The highest BCUT2D eigenvalue weighted by Crippen LogP contribution is 2.39. The maximum Gasteiger partial charge on any atom is 0.250 e. The van der Waals surface area contributed by atoms with Gasteiger partial charge < -0.3 is 19.5 Å². The number of nitrogens with zero attached hydrogens (tertiary/aromatic N) is 3. The second-order valence-electron chi connectivity index (χ2n) is 8.89. The minimum Gasteiger partial charge on any atom is -0.497 e. The largest absolute Gasteiger partial charge is 0.497 e. The third-order valence-corrected chi connectivity index (χ3v) is 6.78. The molecule has 5 rings (SSSR count). The lowest BCUT2D eigenvalue weighted by Gasteiger charge is -2.31. The molecule has 0 fully saturated rings. The maximum atomic E-state index is 12.9. The second-order valence-corrected chi connectivity index (χ2v) is 9.33. The number of carbonyl (C=O) groups excluding carboxylic acids is 1. The van der Waals surface area contributed by atoms with Gasteiger partial charge in [-0.3, -0.25) is 10.1 Å². The van der Waals surface area contributed by atoms with Gasteiger partial charge in [0.2, 0.25) is 11.9 Å². The fourth-order valence-electron chi connectivity index (χ4n) is 4.59. The maximum absolute atomic E-state index is 12.9. The number of methoxy groups -OCH3 is 3. The summed E-state index contributed by atoms with van der Waals surface area (Å²) in [5.74, 6) is 2.51. The zero-order valence-electron chi connectivity index (χ0n) is 21.3. The molecular weight excluding hydrogens is 506 g/mol. The summed E-state index contributed by atoms with van der Waals surface area (Å²) >= 11 is 6.15. The number of benzene rings is 3. The van der Waals surface area contributed by atoms with Gasteiger partial charge in [0.1, 0.15) is 5.75 Å². The highest BCUT2D eigenvalue weighted by atomic mass is 35.5. The van der Waals surface area contributed by atoms with E-state index in [0.29, 0.717) is 22.5 Å². The molecule has 2 heterocycles. The molecule has 1 aromatic heterocycles. The number of rotatable bonds is 8. The Balaban J connectivity index is 1.39. The van der Waals surface area contributed by atoms with Crippen LogP contribution in [0.2, 0.25) is 5.02 Å². The standard InChI is InChI=1S/C28H28ClN5O4/c1-36-21-11-7-18(8-12-21)22-16-23(19-5-9-20(29)10-6-19)34-28(30-22)32-27(33-34)31-26(35)15-17-4-13-24(37-2)25(14-17)38-3/h4-14,22-23H,15-16H2,1-3H3,(H2,30,31,32,33,35)/t22-,23+/m1/s1. The Kier molecular flexibility index (Phi) is 7.37. The van der Waals surface area contributed by atoms with Crippen LogP contribution < -0.4 is 24.8 Å². The van der Waals surface area contributed by atoms with Crippen molar-refractivity contribution in [1.29, 1.82) is 0 Å². The molecule has 4 aromatic rings. The van der Waals surface area contributed by atoms with Crippen molar-refractivity contribution in [3.63, 3.8) is 0 Å². The first-order valence-corrected chi connectivity index (χ1v) is 12.5. The molecule has 0 radical (unpaired) electrons. The lowest BCUT2D eigenvalue weighted by atomic mass is 9.93. The highest BCUT2D eigenvalue weighted by Gasteiger charge is 2.31. The van der Waals surface area contributed by atoms with E-state index in [9.17, 15) is 4.79 Å². The predicted octanol–water partition coefficient (Wildman–Crippen LogP) is 5.28. The normalized spacial score (nSPS) is 16.2. The van der Waals surface area contributed by atoms with Gasteiger partial charge in [-0.25, -0.2) is 4.68 Å². The smallest absolute Gasteiger partial charge is 0.250 e.